The third-order valence-electron chi connectivity index (χ3n) is 5.34. The lowest BCUT2D eigenvalue weighted by Crippen LogP contribution is -2.37. The first kappa shape index (κ1) is 20.9. The van der Waals surface area contributed by atoms with Crippen molar-refractivity contribution >= 4 is 38.4 Å². The molecule has 2 fully saturated rings. The number of rotatable bonds is 6. The lowest BCUT2D eigenvalue weighted by atomic mass is 10.1. The molecule has 158 valence electrons. The Labute approximate surface area is 181 Å². The Kier molecular flexibility index (Phi) is 6.15. The number of thioether (sulfide) groups is 1. The van der Waals surface area contributed by atoms with Crippen LogP contribution >= 0.6 is 11.8 Å². The summed E-state index contributed by atoms with van der Waals surface area (Å²) in [6, 6.07) is 17.3. The number of amides is 1. The number of carbonyl (C=O) groups excluding carboxylic acids is 1. The number of hydrogen-bond acceptors (Lipinski definition) is 5. The molecule has 0 spiro atoms. The van der Waals surface area contributed by atoms with Gasteiger partial charge in [-0.05, 0) is 42.7 Å². The second-order valence-corrected chi connectivity index (χ2v) is 10.9. The van der Waals surface area contributed by atoms with Gasteiger partial charge in [0.05, 0.1) is 24.7 Å². The summed E-state index contributed by atoms with van der Waals surface area (Å²) >= 11 is 1.40. The molecule has 0 unspecified atom stereocenters. The van der Waals surface area contributed by atoms with Gasteiger partial charge in [-0.25, -0.2) is 8.42 Å². The summed E-state index contributed by atoms with van der Waals surface area (Å²) in [5.74, 6) is 0.750. The molecule has 0 bridgehead atoms. The number of benzene rings is 2. The van der Waals surface area contributed by atoms with E-state index in [4.69, 9.17) is 4.74 Å². The quantitative estimate of drug-likeness (QED) is 0.680. The van der Waals surface area contributed by atoms with Gasteiger partial charge in [-0.3, -0.25) is 4.79 Å². The van der Waals surface area contributed by atoms with Gasteiger partial charge in [0, 0.05) is 17.4 Å². The van der Waals surface area contributed by atoms with Crippen molar-refractivity contribution in [2.24, 2.45) is 4.99 Å². The Morgan fingerprint density at radius 2 is 1.87 bits per heavy atom. The van der Waals surface area contributed by atoms with Gasteiger partial charge in [0.25, 0.3) is 0 Å². The molecule has 2 aromatic carbocycles. The molecule has 0 radical (unpaired) electrons. The fraction of sp³-hybridized carbons (Fsp3) is 0.364. The van der Waals surface area contributed by atoms with Crippen LogP contribution in [0.5, 0.6) is 5.75 Å². The van der Waals surface area contributed by atoms with E-state index in [0.717, 1.165) is 24.3 Å². The summed E-state index contributed by atoms with van der Waals surface area (Å²) in [7, 11) is -1.48. The molecule has 0 N–H and O–H groups in total. The van der Waals surface area contributed by atoms with Crippen LogP contribution in [0.3, 0.4) is 0 Å². The number of nitrogens with zero attached hydrogens (tertiary/aromatic N) is 2. The summed E-state index contributed by atoms with van der Waals surface area (Å²) in [4.78, 5) is 18.8. The first-order valence-electron chi connectivity index (χ1n) is 9.91. The number of anilines is 1. The molecule has 6 nitrogen and oxygen atoms in total. The van der Waals surface area contributed by atoms with E-state index in [0.29, 0.717) is 11.6 Å². The van der Waals surface area contributed by atoms with Gasteiger partial charge in [0.2, 0.25) is 5.91 Å². The van der Waals surface area contributed by atoms with Crippen molar-refractivity contribution < 1.29 is 17.9 Å². The van der Waals surface area contributed by atoms with Crippen LogP contribution in [0.1, 0.15) is 18.4 Å². The molecule has 0 aliphatic carbocycles. The Morgan fingerprint density at radius 3 is 2.57 bits per heavy atom. The predicted molar refractivity (Wildman–Crippen MR) is 121 cm³/mol. The van der Waals surface area contributed by atoms with Crippen LogP contribution in [0, 0.1) is 0 Å². The largest absolute Gasteiger partial charge is 0.497 e. The van der Waals surface area contributed by atoms with Crippen LogP contribution in [-0.4, -0.2) is 49.4 Å². The molecule has 2 atom stereocenters. The molecule has 8 heteroatoms. The average molecular weight is 445 g/mol. The van der Waals surface area contributed by atoms with Crippen LogP contribution in [0.4, 0.5) is 5.69 Å². The highest BCUT2D eigenvalue weighted by atomic mass is 32.2. The standard InChI is InChI=1S/C22H24N2O4S2/c1-28-18-12-10-17(11-13-18)24-19-14-30(26,27)15-20(19)29-22(24)23-21(25)9-5-8-16-6-3-2-4-7-16/h2-4,6-7,10-13,19-20H,5,8-9,14-15H2,1H3/t19-,20-/m0/s1. The molecule has 2 aliphatic rings. The van der Waals surface area contributed by atoms with Crippen LogP contribution < -0.4 is 9.64 Å². The minimum atomic E-state index is -3.08. The summed E-state index contributed by atoms with van der Waals surface area (Å²) in [6.45, 7) is 0. The molecule has 0 aromatic heterocycles. The number of aliphatic imine (C=N–C) groups is 1. The summed E-state index contributed by atoms with van der Waals surface area (Å²) in [5.41, 5.74) is 2.02. The predicted octanol–water partition coefficient (Wildman–Crippen LogP) is 3.32. The van der Waals surface area contributed by atoms with Gasteiger partial charge in [0.15, 0.2) is 15.0 Å². The highest BCUT2D eigenvalue weighted by Gasteiger charge is 2.49. The van der Waals surface area contributed by atoms with Gasteiger partial charge in [-0.15, -0.1) is 0 Å². The lowest BCUT2D eigenvalue weighted by Gasteiger charge is -2.24. The molecule has 0 saturated carbocycles. The smallest absolute Gasteiger partial charge is 0.248 e. The van der Waals surface area contributed by atoms with Crippen LogP contribution in [-0.2, 0) is 21.1 Å². The first-order chi connectivity index (χ1) is 14.4. The van der Waals surface area contributed by atoms with Gasteiger partial charge in [-0.2, -0.15) is 4.99 Å². The summed E-state index contributed by atoms with van der Waals surface area (Å²) in [5, 5.41) is 0.489. The maximum absolute atomic E-state index is 12.5. The Balaban J connectivity index is 1.50. The van der Waals surface area contributed by atoms with Crippen LogP contribution in [0.25, 0.3) is 0 Å². The Hall–Kier alpha value is -2.32. The van der Waals surface area contributed by atoms with Crippen molar-refractivity contribution in [2.45, 2.75) is 30.6 Å². The number of fused-ring (bicyclic) bond motifs is 1. The Bertz CT molecular complexity index is 1040. The molecule has 2 aliphatic heterocycles. The number of methoxy groups -OCH3 is 1. The monoisotopic (exact) mass is 444 g/mol. The van der Waals surface area contributed by atoms with Crippen molar-refractivity contribution in [1.29, 1.82) is 0 Å². The number of ether oxygens (including phenoxy) is 1. The average Bonchev–Trinajstić information content (AvgIpc) is 3.19. The molecule has 2 saturated heterocycles. The summed E-state index contributed by atoms with van der Waals surface area (Å²) in [6.07, 6.45) is 1.92. The molecule has 2 aromatic rings. The van der Waals surface area contributed by atoms with Crippen LogP contribution in [0.15, 0.2) is 59.6 Å². The number of carbonyl (C=O) groups is 1. The number of amidine groups is 1. The lowest BCUT2D eigenvalue weighted by molar-refractivity contribution is -0.117. The second-order valence-electron chi connectivity index (χ2n) is 7.50. The van der Waals surface area contributed by atoms with Gasteiger partial charge in [0.1, 0.15) is 5.75 Å². The van der Waals surface area contributed by atoms with Crippen molar-refractivity contribution in [3.05, 3.63) is 60.2 Å². The maximum Gasteiger partial charge on any atom is 0.248 e. The number of aryl methyl sites for hydroxylation is 1. The van der Waals surface area contributed by atoms with Crippen molar-refractivity contribution in [3.8, 4) is 5.75 Å². The topological polar surface area (TPSA) is 76.0 Å². The number of sulfone groups is 1. The second kappa shape index (κ2) is 8.81. The molecular formula is C22H24N2O4S2. The first-order valence-corrected chi connectivity index (χ1v) is 12.6. The van der Waals surface area contributed by atoms with E-state index in [1.807, 2.05) is 47.4 Å². The van der Waals surface area contributed by atoms with Gasteiger partial charge in [-0.1, -0.05) is 42.1 Å². The third-order valence-corrected chi connectivity index (χ3v) is 8.55. The molecule has 1 amide bonds. The van der Waals surface area contributed by atoms with E-state index in [1.165, 1.54) is 17.3 Å². The highest BCUT2D eigenvalue weighted by Crippen LogP contribution is 2.41. The SMILES string of the molecule is COc1ccc(N2C(=NC(=O)CCCc3ccccc3)S[C@H]3CS(=O)(=O)C[C@@H]32)cc1. The van der Waals surface area contributed by atoms with E-state index < -0.39 is 9.84 Å². The van der Waals surface area contributed by atoms with Crippen molar-refractivity contribution in [2.75, 3.05) is 23.5 Å². The van der Waals surface area contributed by atoms with Crippen molar-refractivity contribution in [3.63, 3.8) is 0 Å². The van der Waals surface area contributed by atoms with E-state index in [-0.39, 0.29) is 28.7 Å². The molecule has 30 heavy (non-hydrogen) atoms. The fourth-order valence-electron chi connectivity index (χ4n) is 3.86. The Morgan fingerprint density at radius 1 is 1.13 bits per heavy atom. The molecule has 4 rings (SSSR count). The van der Waals surface area contributed by atoms with E-state index in [9.17, 15) is 13.2 Å². The van der Waals surface area contributed by atoms with E-state index >= 15 is 0 Å². The maximum atomic E-state index is 12.5. The fourth-order valence-corrected chi connectivity index (χ4v) is 7.79. The third kappa shape index (κ3) is 4.70. The van der Waals surface area contributed by atoms with Gasteiger partial charge >= 0.3 is 0 Å². The highest BCUT2D eigenvalue weighted by molar-refractivity contribution is 8.16. The zero-order valence-corrected chi connectivity index (χ0v) is 18.4. The van der Waals surface area contributed by atoms with Gasteiger partial charge < -0.3 is 9.64 Å². The zero-order valence-electron chi connectivity index (χ0n) is 16.7. The van der Waals surface area contributed by atoms with E-state index in [1.54, 1.807) is 7.11 Å². The van der Waals surface area contributed by atoms with Crippen molar-refractivity contribution in [1.82, 2.24) is 0 Å². The molecule has 2 heterocycles. The molecular weight excluding hydrogens is 420 g/mol. The zero-order chi connectivity index (χ0) is 21.1. The minimum Gasteiger partial charge on any atom is -0.497 e. The minimum absolute atomic E-state index is 0.0813. The normalized spacial score (nSPS) is 23.5. The van der Waals surface area contributed by atoms with E-state index in [2.05, 4.69) is 17.1 Å². The van der Waals surface area contributed by atoms with Crippen LogP contribution in [0.2, 0.25) is 0 Å². The summed E-state index contributed by atoms with van der Waals surface area (Å²) < 4.78 is 29.5. The number of hydrogen-bond donors (Lipinski definition) is 0.